The molecule has 3 atom stereocenters. The number of nitrogens with zero attached hydrogens (tertiary/aromatic N) is 1. The van der Waals surface area contributed by atoms with Crippen molar-refractivity contribution in [1.29, 1.82) is 0 Å². The molecule has 1 aliphatic rings. The van der Waals surface area contributed by atoms with E-state index in [1.165, 1.54) is 11.1 Å². The number of aryl methyl sites for hydroxylation is 1. The molecule has 2 heteroatoms. The Balaban J connectivity index is 2.00. The molecule has 2 rings (SSSR count). The molecule has 1 N–H and O–H groups in total. The van der Waals surface area contributed by atoms with Crippen molar-refractivity contribution in [3.8, 4) is 0 Å². The van der Waals surface area contributed by atoms with Crippen molar-refractivity contribution in [3.05, 3.63) is 35.4 Å². The Morgan fingerprint density at radius 2 is 2.11 bits per heavy atom. The van der Waals surface area contributed by atoms with Crippen molar-refractivity contribution in [1.82, 2.24) is 4.90 Å². The second-order valence-corrected chi connectivity index (χ2v) is 5.96. The van der Waals surface area contributed by atoms with Crippen LogP contribution in [0.5, 0.6) is 0 Å². The minimum absolute atomic E-state index is 0.156. The number of aliphatic hydroxyl groups excluding tert-OH is 1. The maximum Gasteiger partial charge on any atom is 0.0695 e. The van der Waals surface area contributed by atoms with E-state index in [1.54, 1.807) is 0 Å². The first-order valence-electron chi connectivity index (χ1n) is 7.00. The van der Waals surface area contributed by atoms with E-state index in [0.29, 0.717) is 6.04 Å². The monoisotopic (exact) mass is 247 g/mol. The Morgan fingerprint density at radius 1 is 1.33 bits per heavy atom. The van der Waals surface area contributed by atoms with Gasteiger partial charge in [0.1, 0.15) is 0 Å². The summed E-state index contributed by atoms with van der Waals surface area (Å²) < 4.78 is 0. The minimum atomic E-state index is -0.156. The molecule has 18 heavy (non-hydrogen) atoms. The Kier molecular flexibility index (Phi) is 4.41. The van der Waals surface area contributed by atoms with E-state index in [1.807, 2.05) is 0 Å². The van der Waals surface area contributed by atoms with Gasteiger partial charge in [-0.1, -0.05) is 36.8 Å². The van der Waals surface area contributed by atoms with Gasteiger partial charge >= 0.3 is 0 Å². The average Bonchev–Trinajstić information content (AvgIpc) is 2.32. The first kappa shape index (κ1) is 13.6. The van der Waals surface area contributed by atoms with Crippen LogP contribution in [-0.2, 0) is 6.54 Å². The average molecular weight is 247 g/mol. The van der Waals surface area contributed by atoms with E-state index in [4.69, 9.17) is 0 Å². The molecule has 0 radical (unpaired) electrons. The van der Waals surface area contributed by atoms with Gasteiger partial charge in [0.2, 0.25) is 0 Å². The number of likely N-dealkylation sites (N-methyl/N-ethyl adjacent to an activating group) is 1. The van der Waals surface area contributed by atoms with E-state index in [-0.39, 0.29) is 6.10 Å². The number of aliphatic hydroxyl groups is 1. The van der Waals surface area contributed by atoms with Crippen LogP contribution in [0.3, 0.4) is 0 Å². The highest BCUT2D eigenvalue weighted by atomic mass is 16.3. The molecule has 0 aromatic heterocycles. The maximum absolute atomic E-state index is 10.1. The van der Waals surface area contributed by atoms with Crippen molar-refractivity contribution < 1.29 is 5.11 Å². The second-order valence-electron chi connectivity index (χ2n) is 5.96. The van der Waals surface area contributed by atoms with Crippen LogP contribution < -0.4 is 0 Å². The second kappa shape index (κ2) is 5.85. The molecular formula is C16H25NO. The molecule has 1 aliphatic carbocycles. The van der Waals surface area contributed by atoms with Gasteiger partial charge in [-0.25, -0.2) is 0 Å². The highest BCUT2D eigenvalue weighted by Crippen LogP contribution is 2.28. The molecule has 3 unspecified atom stereocenters. The predicted octanol–water partition coefficient (Wildman–Crippen LogP) is 2.98. The molecule has 0 amide bonds. The van der Waals surface area contributed by atoms with Crippen molar-refractivity contribution >= 4 is 0 Å². The quantitative estimate of drug-likeness (QED) is 0.887. The summed E-state index contributed by atoms with van der Waals surface area (Å²) in [6.07, 6.45) is 3.07. The molecule has 0 saturated heterocycles. The van der Waals surface area contributed by atoms with Crippen molar-refractivity contribution in [3.63, 3.8) is 0 Å². The van der Waals surface area contributed by atoms with E-state index in [0.717, 1.165) is 31.7 Å². The molecule has 0 aliphatic heterocycles. The normalized spacial score (nSPS) is 28.6. The molecule has 1 saturated carbocycles. The van der Waals surface area contributed by atoms with Gasteiger partial charge in [0.05, 0.1) is 6.10 Å². The standard InChI is InChI=1S/C16H25NO/c1-12-5-4-6-14(9-12)11-17(3)15-10-13(2)7-8-16(15)18/h4-6,9,13,15-16,18H,7-8,10-11H2,1-3H3. The van der Waals surface area contributed by atoms with Gasteiger partial charge < -0.3 is 5.11 Å². The highest BCUT2D eigenvalue weighted by molar-refractivity contribution is 5.22. The Hall–Kier alpha value is -0.860. The minimum Gasteiger partial charge on any atom is -0.391 e. The summed E-state index contributed by atoms with van der Waals surface area (Å²) in [4.78, 5) is 2.31. The third-order valence-corrected chi connectivity index (χ3v) is 4.12. The summed E-state index contributed by atoms with van der Waals surface area (Å²) in [6, 6.07) is 8.95. The van der Waals surface area contributed by atoms with Gasteiger partial charge in [0.25, 0.3) is 0 Å². The molecule has 1 fully saturated rings. The van der Waals surface area contributed by atoms with Crippen LogP contribution in [-0.4, -0.2) is 29.2 Å². The van der Waals surface area contributed by atoms with E-state index in [2.05, 4.69) is 50.1 Å². The Labute approximate surface area is 111 Å². The van der Waals surface area contributed by atoms with Gasteiger partial charge in [0, 0.05) is 12.6 Å². The van der Waals surface area contributed by atoms with Crippen LogP contribution in [0.15, 0.2) is 24.3 Å². The molecule has 1 aromatic carbocycles. The van der Waals surface area contributed by atoms with Gasteiger partial charge in [0.15, 0.2) is 0 Å². The highest BCUT2D eigenvalue weighted by Gasteiger charge is 2.29. The van der Waals surface area contributed by atoms with Gasteiger partial charge in [-0.15, -0.1) is 0 Å². The van der Waals surface area contributed by atoms with Crippen LogP contribution in [0.2, 0.25) is 0 Å². The lowest BCUT2D eigenvalue weighted by Crippen LogP contribution is -2.44. The van der Waals surface area contributed by atoms with Crippen LogP contribution in [0.25, 0.3) is 0 Å². The summed E-state index contributed by atoms with van der Waals surface area (Å²) in [6.45, 7) is 5.34. The summed E-state index contributed by atoms with van der Waals surface area (Å²) >= 11 is 0. The molecule has 0 heterocycles. The molecule has 2 nitrogen and oxygen atoms in total. The third kappa shape index (κ3) is 3.33. The zero-order valence-corrected chi connectivity index (χ0v) is 11.8. The van der Waals surface area contributed by atoms with Crippen LogP contribution >= 0.6 is 0 Å². The SMILES string of the molecule is Cc1cccc(CN(C)C2CC(C)CCC2O)c1. The fourth-order valence-electron chi connectivity index (χ4n) is 3.02. The summed E-state index contributed by atoms with van der Waals surface area (Å²) in [5.74, 6) is 0.735. The van der Waals surface area contributed by atoms with Crippen molar-refractivity contribution in [2.75, 3.05) is 7.05 Å². The van der Waals surface area contributed by atoms with Crippen LogP contribution in [0.1, 0.15) is 37.3 Å². The number of benzene rings is 1. The molecule has 100 valence electrons. The predicted molar refractivity (Wildman–Crippen MR) is 75.5 cm³/mol. The maximum atomic E-state index is 10.1. The zero-order valence-electron chi connectivity index (χ0n) is 11.8. The zero-order chi connectivity index (χ0) is 13.1. The lowest BCUT2D eigenvalue weighted by atomic mass is 9.84. The lowest BCUT2D eigenvalue weighted by molar-refractivity contribution is 0.0139. The van der Waals surface area contributed by atoms with Crippen LogP contribution in [0, 0.1) is 12.8 Å². The summed E-state index contributed by atoms with van der Waals surface area (Å²) in [7, 11) is 2.13. The lowest BCUT2D eigenvalue weighted by Gasteiger charge is -2.38. The fourth-order valence-corrected chi connectivity index (χ4v) is 3.02. The van der Waals surface area contributed by atoms with Gasteiger partial charge in [-0.2, -0.15) is 0 Å². The van der Waals surface area contributed by atoms with Gasteiger partial charge in [-0.3, -0.25) is 4.90 Å². The topological polar surface area (TPSA) is 23.5 Å². The Bertz CT molecular complexity index is 390. The van der Waals surface area contributed by atoms with Crippen LogP contribution in [0.4, 0.5) is 0 Å². The van der Waals surface area contributed by atoms with Crippen molar-refractivity contribution in [2.45, 2.75) is 51.8 Å². The first-order chi connectivity index (χ1) is 8.56. The van der Waals surface area contributed by atoms with Crippen molar-refractivity contribution in [2.24, 2.45) is 5.92 Å². The van der Waals surface area contributed by atoms with E-state index < -0.39 is 0 Å². The molecule has 0 spiro atoms. The number of rotatable bonds is 3. The molecule has 0 bridgehead atoms. The third-order valence-electron chi connectivity index (χ3n) is 4.12. The number of hydrogen-bond donors (Lipinski definition) is 1. The Morgan fingerprint density at radius 3 is 2.83 bits per heavy atom. The number of hydrogen-bond acceptors (Lipinski definition) is 2. The summed E-state index contributed by atoms with van der Waals surface area (Å²) in [5.41, 5.74) is 2.64. The first-order valence-corrected chi connectivity index (χ1v) is 7.00. The van der Waals surface area contributed by atoms with E-state index in [9.17, 15) is 5.11 Å². The largest absolute Gasteiger partial charge is 0.391 e. The fraction of sp³-hybridized carbons (Fsp3) is 0.625. The molecule has 1 aromatic rings. The smallest absolute Gasteiger partial charge is 0.0695 e. The van der Waals surface area contributed by atoms with E-state index >= 15 is 0 Å². The van der Waals surface area contributed by atoms with Gasteiger partial charge in [-0.05, 0) is 44.7 Å². The molecular weight excluding hydrogens is 222 g/mol. The summed E-state index contributed by atoms with van der Waals surface area (Å²) in [5, 5.41) is 10.1.